The van der Waals surface area contributed by atoms with Gasteiger partial charge in [-0.2, -0.15) is 0 Å². The van der Waals surface area contributed by atoms with Crippen molar-refractivity contribution in [2.24, 2.45) is 35.3 Å². The molecule has 2 aromatic rings. The predicted octanol–water partition coefficient (Wildman–Crippen LogP) is 7.24. The number of aromatic nitrogens is 1. The zero-order chi connectivity index (χ0) is 43.5. The number of carbonyl (C=O) groups excluding carboxylic acids is 4. The van der Waals surface area contributed by atoms with Crippen molar-refractivity contribution in [3.8, 4) is 11.5 Å². The zero-order valence-corrected chi connectivity index (χ0v) is 36.8. The first-order valence-corrected chi connectivity index (χ1v) is 21.5. The Morgan fingerprint density at radius 2 is 1.78 bits per heavy atom. The molecule has 1 aliphatic heterocycles. The van der Waals surface area contributed by atoms with E-state index in [2.05, 4.69) is 31.3 Å². The van der Waals surface area contributed by atoms with Crippen LogP contribution in [0.5, 0.6) is 11.5 Å². The molecule has 5 rings (SSSR count). The van der Waals surface area contributed by atoms with Gasteiger partial charge in [-0.15, -0.1) is 0 Å². The van der Waals surface area contributed by atoms with E-state index >= 15 is 0 Å². The van der Waals surface area contributed by atoms with Crippen LogP contribution in [0.1, 0.15) is 91.2 Å². The van der Waals surface area contributed by atoms with Crippen LogP contribution in [-0.2, 0) is 33.3 Å². The van der Waals surface area contributed by atoms with E-state index in [1.165, 1.54) is 32.7 Å². The molecule has 2 saturated carbocycles. The smallest absolute Gasteiger partial charge is 0.407 e. The van der Waals surface area contributed by atoms with Crippen LogP contribution in [0.3, 0.4) is 0 Å². The van der Waals surface area contributed by atoms with Crippen molar-refractivity contribution in [1.82, 2.24) is 15.2 Å². The number of halogens is 1. The van der Waals surface area contributed by atoms with Crippen LogP contribution in [0.2, 0.25) is 5.02 Å². The fourth-order valence-electron chi connectivity index (χ4n) is 7.85. The third kappa shape index (κ3) is 13.1. The maximum Gasteiger partial charge on any atom is 0.407 e. The number of carbonyl (C=O) groups is 4. The molecule has 3 unspecified atom stereocenters. The number of fused-ring (bicyclic) bond motifs is 1. The number of benzene rings is 1. The molecule has 330 valence electrons. The molecule has 1 aromatic carbocycles. The molecule has 15 heteroatoms. The summed E-state index contributed by atoms with van der Waals surface area (Å²) in [5.74, 6) is 1.32. The van der Waals surface area contributed by atoms with E-state index in [1.807, 2.05) is 19.9 Å². The third-order valence-electron chi connectivity index (χ3n) is 11.5. The van der Waals surface area contributed by atoms with Crippen LogP contribution in [-0.4, -0.2) is 99.3 Å². The van der Waals surface area contributed by atoms with Gasteiger partial charge in [0.2, 0.25) is 11.8 Å². The minimum Gasteiger partial charge on any atom is -0.488 e. The highest BCUT2D eigenvalue weighted by Crippen LogP contribution is 2.43. The van der Waals surface area contributed by atoms with Gasteiger partial charge in [0.25, 0.3) is 0 Å². The van der Waals surface area contributed by atoms with Gasteiger partial charge in [0.05, 0.1) is 37.4 Å². The van der Waals surface area contributed by atoms with Crippen molar-refractivity contribution in [3.05, 3.63) is 46.6 Å². The number of allylic oxidation sites excluding steroid dienone is 3. The van der Waals surface area contributed by atoms with Crippen molar-refractivity contribution in [2.75, 3.05) is 41.1 Å². The van der Waals surface area contributed by atoms with E-state index < -0.39 is 42.4 Å². The molecule has 2 aliphatic carbocycles. The van der Waals surface area contributed by atoms with Gasteiger partial charge >= 0.3 is 12.1 Å². The van der Waals surface area contributed by atoms with Gasteiger partial charge in [-0.1, -0.05) is 56.0 Å². The van der Waals surface area contributed by atoms with Gasteiger partial charge in [-0.3, -0.25) is 14.4 Å². The number of esters is 1. The molecule has 0 bridgehead atoms. The molecule has 3 amide bonds. The van der Waals surface area contributed by atoms with Gasteiger partial charge in [0.1, 0.15) is 41.3 Å². The Bertz CT molecular complexity index is 1880. The number of nitrogens with two attached hydrogens (primary N) is 1. The van der Waals surface area contributed by atoms with Gasteiger partial charge in [-0.05, 0) is 94.3 Å². The van der Waals surface area contributed by atoms with E-state index in [1.54, 1.807) is 18.2 Å². The molecule has 8 atom stereocenters. The summed E-state index contributed by atoms with van der Waals surface area (Å²) in [7, 11) is 4.44. The Morgan fingerprint density at radius 3 is 2.45 bits per heavy atom. The number of rotatable bonds is 23. The number of alkyl carbamates (subject to hydrolysis) is 1. The number of methoxy groups -OCH3 is 3. The number of pyridine rings is 1. The molecule has 1 aromatic heterocycles. The number of ether oxygens (including phenoxy) is 6. The maximum atomic E-state index is 14.4. The molecule has 3 N–H and O–H groups in total. The SMILES string of the molecule is COC(=O)[C@H]1C[C@H]1/C=C\CCCCC[C@H](NC(=O)OCC(C)C[C@@H]1C[C@@H]1C)C(=O)N1CC(Oc2cc(C=C(C)C)nc3c(Cl)c(OCC(OC)OC)ccc23)CC1C(N)=O. The number of amides is 3. The van der Waals surface area contributed by atoms with Gasteiger partial charge in [0, 0.05) is 32.1 Å². The molecule has 0 radical (unpaired) electrons. The summed E-state index contributed by atoms with van der Waals surface area (Å²) in [5.41, 5.74) is 7.96. The fraction of sp³-hybridized carbons (Fsp3) is 0.622. The Balaban J connectivity index is 1.28. The average molecular weight is 855 g/mol. The van der Waals surface area contributed by atoms with E-state index in [9.17, 15) is 19.2 Å². The predicted molar refractivity (Wildman–Crippen MR) is 228 cm³/mol. The number of hydrogen-bond donors (Lipinski definition) is 2. The van der Waals surface area contributed by atoms with Crippen molar-refractivity contribution in [1.29, 1.82) is 0 Å². The summed E-state index contributed by atoms with van der Waals surface area (Å²) >= 11 is 6.87. The lowest BCUT2D eigenvalue weighted by Crippen LogP contribution is -2.53. The largest absolute Gasteiger partial charge is 0.488 e. The molecule has 2 heterocycles. The highest BCUT2D eigenvalue weighted by molar-refractivity contribution is 6.36. The zero-order valence-electron chi connectivity index (χ0n) is 36.1. The highest BCUT2D eigenvalue weighted by Gasteiger charge is 2.43. The third-order valence-corrected chi connectivity index (χ3v) is 11.9. The first-order chi connectivity index (χ1) is 28.7. The van der Waals surface area contributed by atoms with Crippen molar-refractivity contribution in [2.45, 2.75) is 110 Å². The summed E-state index contributed by atoms with van der Waals surface area (Å²) in [6.45, 7) is 8.59. The average Bonchev–Trinajstić information content (AvgIpc) is 4.10. The molecular weight excluding hydrogens is 792 g/mol. The summed E-state index contributed by atoms with van der Waals surface area (Å²) in [6.07, 6.45) is 10.8. The van der Waals surface area contributed by atoms with Crippen LogP contribution in [0.25, 0.3) is 17.0 Å². The number of hydrogen-bond acceptors (Lipinski definition) is 11. The minimum atomic E-state index is -0.965. The lowest BCUT2D eigenvalue weighted by atomic mass is 10.0. The lowest BCUT2D eigenvalue weighted by molar-refractivity contribution is -0.142. The van der Waals surface area contributed by atoms with Gasteiger partial charge in [0.15, 0.2) is 6.29 Å². The maximum absolute atomic E-state index is 14.4. The molecule has 14 nitrogen and oxygen atoms in total. The van der Waals surface area contributed by atoms with E-state index in [0.29, 0.717) is 52.8 Å². The van der Waals surface area contributed by atoms with Crippen molar-refractivity contribution >= 4 is 52.5 Å². The van der Waals surface area contributed by atoms with Crippen LogP contribution in [0.4, 0.5) is 4.79 Å². The number of nitrogens with one attached hydrogen (secondary N) is 1. The van der Waals surface area contributed by atoms with Crippen LogP contribution < -0.4 is 20.5 Å². The standard InChI is InChI=1S/C45H63ClN4O10/c1-26(2)17-31-21-38(33-15-16-37(40(46)41(33)48-31)58-25-39(55-5)56-6)60-32-22-36(42(47)51)50(23-32)43(52)35(49-45(54)59-24-27(3)18-30-19-28(30)4)14-12-10-8-9-11-13-29-20-34(29)44(53)57-7/h11,13,15-17,21,27-30,32,34-36,39H,8-10,12,14,18-20,22-25H2,1-7H3,(H2,47,51)(H,49,54)/b13-11-/t27?,28-,29+,30+,32?,34-,35-,36?/m0/s1. The molecule has 3 aliphatic rings. The normalized spacial score (nSPS) is 23.0. The molecular formula is C45H63ClN4O10. The minimum absolute atomic E-state index is 0.0452. The number of primary amides is 1. The lowest BCUT2D eigenvalue weighted by Gasteiger charge is -2.27. The fourth-order valence-corrected chi connectivity index (χ4v) is 8.11. The molecule has 0 spiro atoms. The Labute approximate surface area is 358 Å². The van der Waals surface area contributed by atoms with Gasteiger partial charge < -0.3 is 44.4 Å². The first kappa shape index (κ1) is 46.7. The van der Waals surface area contributed by atoms with Crippen LogP contribution in [0, 0.1) is 29.6 Å². The van der Waals surface area contributed by atoms with Crippen LogP contribution >= 0.6 is 11.6 Å². The molecule has 1 saturated heterocycles. The second-order valence-corrected chi connectivity index (χ2v) is 17.2. The second kappa shape index (κ2) is 21.9. The van der Waals surface area contributed by atoms with Crippen LogP contribution in [0.15, 0.2) is 35.9 Å². The van der Waals surface area contributed by atoms with E-state index in [4.69, 9.17) is 50.7 Å². The number of likely N-dealkylation sites (tertiary alicyclic amines) is 1. The Kier molecular flexibility index (Phi) is 17.0. The topological polar surface area (TPSA) is 178 Å². The summed E-state index contributed by atoms with van der Waals surface area (Å²) in [5, 5.41) is 3.70. The summed E-state index contributed by atoms with van der Waals surface area (Å²) in [4.78, 5) is 58.4. The first-order valence-electron chi connectivity index (χ1n) is 21.1. The van der Waals surface area contributed by atoms with E-state index in [-0.39, 0.29) is 54.9 Å². The van der Waals surface area contributed by atoms with E-state index in [0.717, 1.165) is 37.7 Å². The summed E-state index contributed by atoms with van der Waals surface area (Å²) < 4.78 is 33.5. The molecule has 3 fully saturated rings. The van der Waals surface area contributed by atoms with Gasteiger partial charge in [-0.25, -0.2) is 9.78 Å². The number of nitrogens with zero attached hydrogens (tertiary/aromatic N) is 2. The summed E-state index contributed by atoms with van der Waals surface area (Å²) in [6, 6.07) is 3.39. The monoisotopic (exact) mass is 854 g/mol. The number of unbranched alkanes of at least 4 members (excludes halogenated alkanes) is 3. The quantitative estimate of drug-likeness (QED) is 0.0499. The van der Waals surface area contributed by atoms with Crippen molar-refractivity contribution in [3.63, 3.8) is 0 Å². The Hall–Kier alpha value is -4.40. The second-order valence-electron chi connectivity index (χ2n) is 16.8. The highest BCUT2D eigenvalue weighted by atomic mass is 35.5. The molecule has 60 heavy (non-hydrogen) atoms. The van der Waals surface area contributed by atoms with Crippen molar-refractivity contribution < 1.29 is 47.6 Å². The Morgan fingerprint density at radius 1 is 1.03 bits per heavy atom.